The van der Waals surface area contributed by atoms with Gasteiger partial charge in [-0.05, 0) is 51.4 Å². The molecule has 0 aromatic rings. The zero-order valence-electron chi connectivity index (χ0n) is 26.7. The van der Waals surface area contributed by atoms with Gasteiger partial charge in [0.1, 0.15) is 0 Å². The number of unbranched alkanes of at least 4 members (excludes halogenated alkanes) is 21. The van der Waals surface area contributed by atoms with Crippen LogP contribution in [0.1, 0.15) is 168 Å². The number of quaternary nitrogens is 2. The lowest BCUT2D eigenvalue weighted by Gasteiger charge is -2.30. The summed E-state index contributed by atoms with van der Waals surface area (Å²) in [6.07, 6.45) is 34.6. The summed E-state index contributed by atoms with van der Waals surface area (Å²) in [7, 11) is 9.82. The monoisotopic (exact) mass is 511 g/mol. The highest BCUT2D eigenvalue weighted by atomic mass is 15.3. The molecule has 2 nitrogen and oxygen atoms in total. The quantitative estimate of drug-likeness (QED) is 0.0693. The second-order valence-corrected chi connectivity index (χ2v) is 13.5. The SMILES string of the molecule is CCCCCCCCCC[N+](C)(C)CCCCCCCCCC[N+](C)(C)CCCCCCCCCC. The molecule has 0 fully saturated rings. The summed E-state index contributed by atoms with van der Waals surface area (Å²) in [4.78, 5) is 0. The van der Waals surface area contributed by atoms with E-state index in [9.17, 15) is 0 Å². The first-order valence-electron chi connectivity index (χ1n) is 17.0. The lowest BCUT2D eigenvalue weighted by atomic mass is 10.1. The van der Waals surface area contributed by atoms with Crippen molar-refractivity contribution in [2.24, 2.45) is 0 Å². The van der Waals surface area contributed by atoms with Gasteiger partial charge in [-0.15, -0.1) is 0 Å². The third-order valence-corrected chi connectivity index (χ3v) is 8.51. The molecule has 0 aliphatic carbocycles. The minimum absolute atomic E-state index is 1.24. The first kappa shape index (κ1) is 35.9. The Labute approximate surface area is 231 Å². The summed E-state index contributed by atoms with van der Waals surface area (Å²) >= 11 is 0. The Kier molecular flexibility index (Phi) is 25.2. The van der Waals surface area contributed by atoms with Gasteiger partial charge >= 0.3 is 0 Å². The Balaban J connectivity index is 3.46. The molecule has 0 unspecified atom stereocenters. The molecule has 0 heterocycles. The van der Waals surface area contributed by atoms with Gasteiger partial charge in [0.2, 0.25) is 0 Å². The van der Waals surface area contributed by atoms with Gasteiger partial charge in [-0.2, -0.15) is 0 Å². The fourth-order valence-corrected chi connectivity index (χ4v) is 5.71. The molecule has 0 amide bonds. The smallest absolute Gasteiger partial charge is 0.0782 e. The molecule has 36 heavy (non-hydrogen) atoms. The fourth-order valence-electron chi connectivity index (χ4n) is 5.71. The Hall–Kier alpha value is -0.0800. The van der Waals surface area contributed by atoms with Crippen LogP contribution in [0.4, 0.5) is 0 Å². The topological polar surface area (TPSA) is 0 Å². The van der Waals surface area contributed by atoms with Crippen molar-refractivity contribution in [3.05, 3.63) is 0 Å². The maximum absolute atomic E-state index is 2.45. The lowest BCUT2D eigenvalue weighted by Crippen LogP contribution is -2.41. The molecule has 0 aromatic carbocycles. The van der Waals surface area contributed by atoms with Crippen molar-refractivity contribution in [3.8, 4) is 0 Å². The third-order valence-electron chi connectivity index (χ3n) is 8.51. The molecule has 0 saturated heterocycles. The van der Waals surface area contributed by atoms with Crippen LogP contribution >= 0.6 is 0 Å². The van der Waals surface area contributed by atoms with E-state index in [0.29, 0.717) is 0 Å². The lowest BCUT2D eigenvalue weighted by molar-refractivity contribution is -0.890. The highest BCUT2D eigenvalue weighted by Crippen LogP contribution is 2.15. The highest BCUT2D eigenvalue weighted by molar-refractivity contribution is 4.50. The number of hydrogen-bond donors (Lipinski definition) is 0. The third kappa shape index (κ3) is 27.0. The zero-order chi connectivity index (χ0) is 26.8. The Morgan fingerprint density at radius 1 is 0.250 bits per heavy atom. The van der Waals surface area contributed by atoms with E-state index < -0.39 is 0 Å². The summed E-state index contributed by atoms with van der Waals surface area (Å²) in [6.45, 7) is 10.1. The van der Waals surface area contributed by atoms with Crippen LogP contribution in [0.15, 0.2) is 0 Å². The molecular weight excluding hydrogens is 436 g/mol. The number of hydrogen-bond acceptors (Lipinski definition) is 0. The van der Waals surface area contributed by atoms with E-state index >= 15 is 0 Å². The van der Waals surface area contributed by atoms with E-state index in [1.54, 1.807) is 0 Å². The molecule has 0 saturated carbocycles. The summed E-state index contributed by atoms with van der Waals surface area (Å²) in [6, 6.07) is 0. The minimum Gasteiger partial charge on any atom is -0.328 e. The summed E-state index contributed by atoms with van der Waals surface area (Å²) < 4.78 is 2.48. The average molecular weight is 511 g/mol. The standard InChI is InChI=1S/C34H74N2/c1-7-9-11-13-15-19-23-27-31-35(3,4)33-29-25-21-17-18-22-26-30-34-36(5,6)32-28-24-20-16-14-12-10-8-2/h7-34H2,1-6H3/q+2. The minimum atomic E-state index is 1.24. The summed E-state index contributed by atoms with van der Waals surface area (Å²) in [5.74, 6) is 0. The van der Waals surface area contributed by atoms with Gasteiger partial charge in [-0.1, -0.05) is 117 Å². The average Bonchev–Trinajstić information content (AvgIpc) is 2.83. The summed E-state index contributed by atoms with van der Waals surface area (Å²) in [5, 5.41) is 0. The van der Waals surface area contributed by atoms with Crippen molar-refractivity contribution < 1.29 is 8.97 Å². The van der Waals surface area contributed by atoms with Crippen molar-refractivity contribution in [1.82, 2.24) is 0 Å². The van der Waals surface area contributed by atoms with Crippen LogP contribution in [0.25, 0.3) is 0 Å². The van der Waals surface area contributed by atoms with E-state index in [0.717, 1.165) is 0 Å². The summed E-state index contributed by atoms with van der Waals surface area (Å²) in [5.41, 5.74) is 0. The molecule has 0 rings (SSSR count). The van der Waals surface area contributed by atoms with Crippen LogP contribution in [-0.2, 0) is 0 Å². The predicted octanol–water partition coefficient (Wildman–Crippen LogP) is 10.5. The van der Waals surface area contributed by atoms with Gasteiger partial charge in [0, 0.05) is 0 Å². The molecule has 0 aliphatic heterocycles. The van der Waals surface area contributed by atoms with Gasteiger partial charge in [-0.25, -0.2) is 0 Å². The molecule has 0 spiro atoms. The maximum Gasteiger partial charge on any atom is 0.0782 e. The largest absolute Gasteiger partial charge is 0.328 e. The van der Waals surface area contributed by atoms with Crippen molar-refractivity contribution in [1.29, 1.82) is 0 Å². The number of nitrogens with zero attached hydrogens (tertiary/aromatic N) is 2. The molecule has 0 bridgehead atoms. The zero-order valence-corrected chi connectivity index (χ0v) is 26.7. The molecule has 0 aliphatic rings. The first-order valence-corrected chi connectivity index (χ1v) is 17.0. The van der Waals surface area contributed by atoms with Crippen LogP contribution in [0, 0.1) is 0 Å². The van der Waals surface area contributed by atoms with E-state index in [2.05, 4.69) is 42.0 Å². The highest BCUT2D eigenvalue weighted by Gasteiger charge is 2.14. The van der Waals surface area contributed by atoms with Gasteiger partial charge in [-0.3, -0.25) is 0 Å². The van der Waals surface area contributed by atoms with Crippen molar-refractivity contribution >= 4 is 0 Å². The van der Waals surface area contributed by atoms with Gasteiger partial charge < -0.3 is 8.97 Å². The van der Waals surface area contributed by atoms with Crippen LogP contribution in [0.5, 0.6) is 0 Å². The van der Waals surface area contributed by atoms with Gasteiger partial charge in [0.05, 0.1) is 54.4 Å². The van der Waals surface area contributed by atoms with Crippen molar-refractivity contribution in [3.63, 3.8) is 0 Å². The van der Waals surface area contributed by atoms with Crippen molar-refractivity contribution in [2.75, 3.05) is 54.4 Å². The Morgan fingerprint density at radius 2 is 0.417 bits per heavy atom. The maximum atomic E-state index is 2.45. The molecule has 0 N–H and O–H groups in total. The fraction of sp³-hybridized carbons (Fsp3) is 1.00. The molecule has 218 valence electrons. The van der Waals surface area contributed by atoms with Gasteiger partial charge in [0.15, 0.2) is 0 Å². The second-order valence-electron chi connectivity index (χ2n) is 13.5. The molecule has 0 aromatic heterocycles. The molecule has 0 radical (unpaired) electrons. The Bertz CT molecular complexity index is 389. The van der Waals surface area contributed by atoms with Crippen LogP contribution < -0.4 is 0 Å². The molecule has 2 heteroatoms. The van der Waals surface area contributed by atoms with E-state index in [1.165, 1.54) is 189 Å². The molecular formula is C34H74N2+2. The van der Waals surface area contributed by atoms with Crippen LogP contribution in [0.3, 0.4) is 0 Å². The second kappa shape index (κ2) is 25.2. The normalized spacial score (nSPS) is 12.5. The predicted molar refractivity (Wildman–Crippen MR) is 166 cm³/mol. The van der Waals surface area contributed by atoms with Crippen molar-refractivity contribution in [2.45, 2.75) is 168 Å². The van der Waals surface area contributed by atoms with E-state index in [4.69, 9.17) is 0 Å². The van der Waals surface area contributed by atoms with E-state index in [-0.39, 0.29) is 0 Å². The van der Waals surface area contributed by atoms with E-state index in [1.807, 2.05) is 0 Å². The number of rotatable bonds is 29. The molecule has 0 atom stereocenters. The van der Waals surface area contributed by atoms with Gasteiger partial charge in [0.25, 0.3) is 0 Å². The van der Waals surface area contributed by atoms with Crippen LogP contribution in [-0.4, -0.2) is 63.3 Å². The first-order chi connectivity index (χ1) is 17.3. The van der Waals surface area contributed by atoms with Crippen LogP contribution in [0.2, 0.25) is 0 Å². The Morgan fingerprint density at radius 3 is 0.611 bits per heavy atom.